The Hall–Kier alpha value is -2.83. The van der Waals surface area contributed by atoms with Gasteiger partial charge >= 0.3 is 6.01 Å². The Balaban J connectivity index is 2.07. The van der Waals surface area contributed by atoms with Crippen molar-refractivity contribution in [1.29, 1.82) is 0 Å². The van der Waals surface area contributed by atoms with Crippen molar-refractivity contribution in [1.82, 2.24) is 14.9 Å². The number of nitrogens with zero attached hydrogens (tertiary/aromatic N) is 5. The van der Waals surface area contributed by atoms with Gasteiger partial charge in [0.1, 0.15) is 0 Å². The Morgan fingerprint density at radius 2 is 2.00 bits per heavy atom. The third-order valence-electron chi connectivity index (χ3n) is 2.25. The van der Waals surface area contributed by atoms with Crippen LogP contribution in [0.25, 0.3) is 0 Å². The van der Waals surface area contributed by atoms with E-state index in [2.05, 4.69) is 20.1 Å². The fourth-order valence-corrected chi connectivity index (χ4v) is 1.32. The van der Waals surface area contributed by atoms with Gasteiger partial charge in [0, 0.05) is 14.1 Å². The molecule has 0 atom stereocenters. The van der Waals surface area contributed by atoms with Crippen LogP contribution in [0.1, 0.15) is 5.56 Å². The van der Waals surface area contributed by atoms with Gasteiger partial charge in [-0.15, -0.1) is 0 Å². The average molecular weight is 287 g/mol. The van der Waals surface area contributed by atoms with Crippen molar-refractivity contribution in [2.45, 2.75) is 0 Å². The van der Waals surface area contributed by atoms with Crippen LogP contribution in [-0.4, -0.2) is 41.5 Å². The number of benzene rings is 1. The van der Waals surface area contributed by atoms with Crippen LogP contribution in [0.5, 0.6) is 6.01 Å². The number of aromatic nitrogens is 2. The van der Waals surface area contributed by atoms with Crippen LogP contribution >= 0.6 is 0 Å². The minimum atomic E-state index is -0.632. The van der Waals surface area contributed by atoms with E-state index < -0.39 is 5.82 Å². The summed E-state index contributed by atoms with van der Waals surface area (Å²) in [5, 5.41) is 3.74. The minimum absolute atomic E-state index is 0.0745. The Morgan fingerprint density at radius 1 is 1.24 bits per heavy atom. The zero-order valence-electron chi connectivity index (χ0n) is 11.6. The molecule has 108 valence electrons. The molecule has 1 aromatic heterocycles. The summed E-state index contributed by atoms with van der Waals surface area (Å²) in [4.78, 5) is 18.1. The molecule has 2 rings (SSSR count). The molecule has 0 aliphatic carbocycles. The summed E-state index contributed by atoms with van der Waals surface area (Å²) in [5.74, 6) is -0.740. The first-order chi connectivity index (χ1) is 10.1. The maximum Gasteiger partial charge on any atom is 0.347 e. The lowest BCUT2D eigenvalue weighted by atomic mass is 10.2. The maximum atomic E-state index is 13.5. The maximum absolute atomic E-state index is 13.5. The molecule has 6 nitrogen and oxygen atoms in total. The van der Waals surface area contributed by atoms with E-state index in [0.717, 1.165) is 11.8 Å². The van der Waals surface area contributed by atoms with Crippen molar-refractivity contribution < 1.29 is 9.23 Å². The highest BCUT2D eigenvalue weighted by Crippen LogP contribution is 2.16. The molecule has 0 spiro atoms. The van der Waals surface area contributed by atoms with Crippen LogP contribution < -0.4 is 4.84 Å². The topological polar surface area (TPSA) is 63.0 Å². The fourth-order valence-electron chi connectivity index (χ4n) is 1.32. The summed E-state index contributed by atoms with van der Waals surface area (Å²) >= 11 is 0. The number of oxime groups is 1. The first-order valence-electron chi connectivity index (χ1n) is 6.14. The molecular formula is C14H14FN5O. The molecule has 0 fully saturated rings. The fraction of sp³-hybridized carbons (Fsp3) is 0.143. The van der Waals surface area contributed by atoms with Gasteiger partial charge in [0.05, 0.1) is 18.7 Å². The molecular weight excluding hydrogens is 273 g/mol. The van der Waals surface area contributed by atoms with Gasteiger partial charge in [-0.2, -0.15) is 9.97 Å². The first-order valence-corrected chi connectivity index (χ1v) is 6.14. The zero-order chi connectivity index (χ0) is 15.1. The summed E-state index contributed by atoms with van der Waals surface area (Å²) < 4.78 is 13.5. The van der Waals surface area contributed by atoms with E-state index in [1.54, 1.807) is 19.0 Å². The standard InChI is InChI=1S/C14H14FN5O/c1-20(2)10-17-13-12(15)9-16-14(19-13)21-18-8-11-6-4-3-5-7-11/h3-10H,1-2H3/b17-10+,18-8?. The predicted octanol–water partition coefficient (Wildman–Crippen LogP) is 2.25. The van der Waals surface area contributed by atoms with E-state index in [4.69, 9.17) is 4.84 Å². The Labute approximate surface area is 121 Å². The van der Waals surface area contributed by atoms with Crippen molar-refractivity contribution in [3.8, 4) is 6.01 Å². The number of hydrogen-bond acceptors (Lipinski definition) is 5. The van der Waals surface area contributed by atoms with Crippen LogP contribution in [0.2, 0.25) is 0 Å². The number of rotatable bonds is 5. The molecule has 0 aliphatic heterocycles. The molecule has 0 amide bonds. The highest BCUT2D eigenvalue weighted by atomic mass is 19.1. The monoisotopic (exact) mass is 287 g/mol. The number of hydrogen-bond donors (Lipinski definition) is 0. The lowest BCUT2D eigenvalue weighted by Crippen LogP contribution is -2.07. The van der Waals surface area contributed by atoms with Crippen molar-refractivity contribution >= 4 is 18.4 Å². The largest absolute Gasteiger partial charge is 0.369 e. The third-order valence-corrected chi connectivity index (χ3v) is 2.25. The van der Waals surface area contributed by atoms with Gasteiger partial charge in [0.25, 0.3) is 0 Å². The van der Waals surface area contributed by atoms with E-state index in [1.165, 1.54) is 12.6 Å². The molecule has 1 heterocycles. The van der Waals surface area contributed by atoms with Crippen LogP contribution in [0.4, 0.5) is 10.2 Å². The van der Waals surface area contributed by atoms with Gasteiger partial charge in [0.15, 0.2) is 11.6 Å². The minimum Gasteiger partial charge on any atom is -0.369 e. The average Bonchev–Trinajstić information content (AvgIpc) is 2.48. The second-order valence-corrected chi connectivity index (χ2v) is 4.27. The summed E-state index contributed by atoms with van der Waals surface area (Å²) in [6.45, 7) is 0. The van der Waals surface area contributed by atoms with E-state index in [0.29, 0.717) is 0 Å². The highest BCUT2D eigenvalue weighted by Gasteiger charge is 2.06. The quantitative estimate of drug-likeness (QED) is 0.480. The zero-order valence-corrected chi connectivity index (χ0v) is 11.6. The molecule has 0 aliphatic rings. The Morgan fingerprint density at radius 3 is 2.71 bits per heavy atom. The van der Waals surface area contributed by atoms with Gasteiger partial charge in [-0.05, 0) is 5.56 Å². The third kappa shape index (κ3) is 4.64. The molecule has 1 aromatic carbocycles. The lowest BCUT2D eigenvalue weighted by molar-refractivity contribution is 0.313. The molecule has 21 heavy (non-hydrogen) atoms. The van der Waals surface area contributed by atoms with Gasteiger partial charge in [0.2, 0.25) is 0 Å². The summed E-state index contributed by atoms with van der Waals surface area (Å²) in [6, 6.07) is 9.31. The molecule has 2 aromatic rings. The van der Waals surface area contributed by atoms with Gasteiger partial charge in [-0.3, -0.25) is 0 Å². The smallest absolute Gasteiger partial charge is 0.347 e. The van der Waals surface area contributed by atoms with Gasteiger partial charge < -0.3 is 9.74 Å². The Kier molecular flexibility index (Phi) is 4.92. The van der Waals surface area contributed by atoms with E-state index >= 15 is 0 Å². The molecule has 0 saturated carbocycles. The SMILES string of the molecule is CN(C)/C=N/c1nc(ON=Cc2ccccc2)ncc1F. The molecule has 0 saturated heterocycles. The highest BCUT2D eigenvalue weighted by molar-refractivity contribution is 5.78. The summed E-state index contributed by atoms with van der Waals surface area (Å²) in [6.07, 6.45) is 3.93. The predicted molar refractivity (Wildman–Crippen MR) is 78.5 cm³/mol. The van der Waals surface area contributed by atoms with E-state index in [-0.39, 0.29) is 11.8 Å². The number of aliphatic imine (C=N–C) groups is 1. The van der Waals surface area contributed by atoms with Crippen molar-refractivity contribution in [2.75, 3.05) is 14.1 Å². The lowest BCUT2D eigenvalue weighted by Gasteiger charge is -2.03. The summed E-state index contributed by atoms with van der Waals surface area (Å²) in [7, 11) is 3.54. The van der Waals surface area contributed by atoms with Crippen LogP contribution in [0.3, 0.4) is 0 Å². The van der Waals surface area contributed by atoms with Gasteiger partial charge in [-0.1, -0.05) is 35.5 Å². The van der Waals surface area contributed by atoms with Crippen molar-refractivity contribution in [3.05, 3.63) is 47.9 Å². The van der Waals surface area contributed by atoms with Crippen molar-refractivity contribution in [3.63, 3.8) is 0 Å². The van der Waals surface area contributed by atoms with Crippen molar-refractivity contribution in [2.24, 2.45) is 10.1 Å². The molecule has 0 radical (unpaired) electrons. The molecule has 0 unspecified atom stereocenters. The molecule has 7 heteroatoms. The van der Waals surface area contributed by atoms with Crippen LogP contribution in [-0.2, 0) is 0 Å². The van der Waals surface area contributed by atoms with Crippen LogP contribution in [0, 0.1) is 5.82 Å². The van der Waals surface area contributed by atoms with Crippen LogP contribution in [0.15, 0.2) is 46.7 Å². The summed E-state index contributed by atoms with van der Waals surface area (Å²) in [5.41, 5.74) is 0.866. The van der Waals surface area contributed by atoms with E-state index in [9.17, 15) is 4.39 Å². The normalized spacial score (nSPS) is 11.2. The second kappa shape index (κ2) is 7.09. The molecule has 0 bridgehead atoms. The first kappa shape index (κ1) is 14.6. The van der Waals surface area contributed by atoms with E-state index in [1.807, 2.05) is 30.3 Å². The Bertz CT molecular complexity index is 643. The number of halogens is 1. The second-order valence-electron chi connectivity index (χ2n) is 4.27. The molecule has 0 N–H and O–H groups in total. The van der Waals surface area contributed by atoms with Gasteiger partial charge in [-0.25, -0.2) is 9.38 Å².